The third-order valence-electron chi connectivity index (χ3n) is 3.41. The van der Waals surface area contributed by atoms with E-state index in [1.54, 1.807) is 0 Å². The molecule has 1 amide bonds. The van der Waals surface area contributed by atoms with Gasteiger partial charge >= 0.3 is 0 Å². The van der Waals surface area contributed by atoms with E-state index in [9.17, 15) is 4.79 Å². The van der Waals surface area contributed by atoms with E-state index in [1.165, 1.54) is 29.0 Å². The van der Waals surface area contributed by atoms with Gasteiger partial charge in [-0.1, -0.05) is 47.0 Å². The van der Waals surface area contributed by atoms with Crippen LogP contribution >= 0.6 is 34.5 Å². The number of benzene rings is 1. The molecule has 7 heteroatoms. The molecular weight excluding hydrogens is 365 g/mol. The van der Waals surface area contributed by atoms with Crippen LogP contribution in [0.3, 0.4) is 0 Å². The Labute approximate surface area is 153 Å². The fourth-order valence-electron chi connectivity index (χ4n) is 2.29. The van der Waals surface area contributed by atoms with E-state index >= 15 is 0 Å². The number of anilines is 1. The van der Waals surface area contributed by atoms with Crippen molar-refractivity contribution >= 4 is 45.6 Å². The molecule has 0 fully saturated rings. The summed E-state index contributed by atoms with van der Waals surface area (Å²) in [6, 6.07) is 9.23. The zero-order chi connectivity index (χ0) is 17.3. The summed E-state index contributed by atoms with van der Waals surface area (Å²) in [6.07, 6.45) is 0. The molecule has 24 heavy (non-hydrogen) atoms. The molecule has 0 aliphatic heterocycles. The lowest BCUT2D eigenvalue weighted by Crippen LogP contribution is -2.14. The molecule has 0 saturated carbocycles. The molecule has 1 N–H and O–H groups in total. The Morgan fingerprint density at radius 1 is 1.12 bits per heavy atom. The van der Waals surface area contributed by atoms with E-state index in [0.29, 0.717) is 5.13 Å². The van der Waals surface area contributed by atoms with Gasteiger partial charge in [-0.15, -0.1) is 11.3 Å². The van der Waals surface area contributed by atoms with Crippen molar-refractivity contribution in [1.82, 2.24) is 9.97 Å². The maximum absolute atomic E-state index is 12.3. The molecule has 0 atom stereocenters. The number of aromatic nitrogens is 2. The van der Waals surface area contributed by atoms with Gasteiger partial charge in [0.1, 0.15) is 10.8 Å². The van der Waals surface area contributed by atoms with Crippen LogP contribution in [-0.2, 0) is 0 Å². The van der Waals surface area contributed by atoms with Gasteiger partial charge in [-0.3, -0.25) is 10.1 Å². The number of pyridine rings is 1. The molecule has 122 valence electrons. The van der Waals surface area contributed by atoms with Crippen LogP contribution in [-0.4, -0.2) is 15.9 Å². The average molecular weight is 378 g/mol. The number of nitrogens with zero attached hydrogens (tertiary/aromatic N) is 2. The lowest BCUT2D eigenvalue weighted by molar-refractivity contribution is 0.102. The molecule has 3 aromatic rings. The Balaban J connectivity index is 1.83. The van der Waals surface area contributed by atoms with Crippen molar-refractivity contribution in [1.29, 1.82) is 0 Å². The summed E-state index contributed by atoms with van der Waals surface area (Å²) < 4.78 is 0. The SMILES string of the molecule is Cc1ccc(-c2csc(NC(=O)c3nc(Cl)ccc3Cl)n2)c(C)c1. The van der Waals surface area contributed by atoms with Gasteiger partial charge < -0.3 is 0 Å². The topological polar surface area (TPSA) is 54.9 Å². The fraction of sp³-hybridized carbons (Fsp3) is 0.118. The fourth-order valence-corrected chi connectivity index (χ4v) is 3.33. The smallest absolute Gasteiger partial charge is 0.277 e. The van der Waals surface area contributed by atoms with Gasteiger partial charge in [0.25, 0.3) is 5.91 Å². The Kier molecular flexibility index (Phi) is 4.85. The Bertz CT molecular complexity index is 924. The maximum atomic E-state index is 12.3. The van der Waals surface area contributed by atoms with E-state index in [0.717, 1.165) is 16.8 Å². The monoisotopic (exact) mass is 377 g/mol. The van der Waals surface area contributed by atoms with Crippen molar-refractivity contribution < 1.29 is 4.79 Å². The molecule has 0 saturated heterocycles. The highest BCUT2D eigenvalue weighted by molar-refractivity contribution is 7.14. The molecule has 2 heterocycles. The normalized spacial score (nSPS) is 10.7. The van der Waals surface area contributed by atoms with Crippen LogP contribution in [0, 0.1) is 13.8 Å². The van der Waals surface area contributed by atoms with E-state index < -0.39 is 5.91 Å². The van der Waals surface area contributed by atoms with Gasteiger partial charge in [-0.05, 0) is 31.5 Å². The van der Waals surface area contributed by atoms with Crippen LogP contribution in [0.2, 0.25) is 10.2 Å². The van der Waals surface area contributed by atoms with Crippen molar-refractivity contribution in [3.8, 4) is 11.3 Å². The summed E-state index contributed by atoms with van der Waals surface area (Å²) >= 11 is 13.2. The van der Waals surface area contributed by atoms with Gasteiger partial charge in [-0.2, -0.15) is 0 Å². The van der Waals surface area contributed by atoms with E-state index in [4.69, 9.17) is 23.2 Å². The second kappa shape index (κ2) is 6.89. The standard InChI is InChI=1S/C17H13Cl2N3OS/c1-9-3-4-11(10(2)7-9)13-8-24-17(20-13)22-16(23)15-12(18)5-6-14(19)21-15/h3-8H,1-2H3,(H,20,22,23). The molecule has 0 bridgehead atoms. The Morgan fingerprint density at radius 3 is 2.67 bits per heavy atom. The quantitative estimate of drug-likeness (QED) is 0.623. The molecule has 1 aromatic carbocycles. The van der Waals surface area contributed by atoms with E-state index in [-0.39, 0.29) is 15.9 Å². The Hall–Kier alpha value is -1.95. The van der Waals surface area contributed by atoms with Crippen LogP contribution in [0.4, 0.5) is 5.13 Å². The number of hydrogen-bond donors (Lipinski definition) is 1. The number of aryl methyl sites for hydroxylation is 2. The molecule has 2 aromatic heterocycles. The third kappa shape index (κ3) is 3.59. The van der Waals surface area contributed by atoms with Gasteiger partial charge in [0, 0.05) is 10.9 Å². The van der Waals surface area contributed by atoms with Crippen LogP contribution in [0.25, 0.3) is 11.3 Å². The van der Waals surface area contributed by atoms with E-state index in [2.05, 4.69) is 21.4 Å². The maximum Gasteiger partial charge on any atom is 0.277 e. The summed E-state index contributed by atoms with van der Waals surface area (Å²) in [5.74, 6) is -0.441. The second-order valence-electron chi connectivity index (χ2n) is 5.27. The second-order valence-corrected chi connectivity index (χ2v) is 6.93. The molecule has 0 spiro atoms. The minimum Gasteiger partial charge on any atom is -0.296 e. The van der Waals surface area contributed by atoms with Crippen molar-refractivity contribution in [2.45, 2.75) is 13.8 Å². The Morgan fingerprint density at radius 2 is 1.92 bits per heavy atom. The first-order chi connectivity index (χ1) is 11.4. The third-order valence-corrected chi connectivity index (χ3v) is 4.68. The van der Waals surface area contributed by atoms with Crippen LogP contribution in [0.15, 0.2) is 35.7 Å². The summed E-state index contributed by atoms with van der Waals surface area (Å²) in [5.41, 5.74) is 4.26. The summed E-state index contributed by atoms with van der Waals surface area (Å²) in [7, 11) is 0. The summed E-state index contributed by atoms with van der Waals surface area (Å²) in [5, 5.41) is 5.54. The van der Waals surface area contributed by atoms with Gasteiger partial charge in [0.2, 0.25) is 0 Å². The number of rotatable bonds is 3. The highest BCUT2D eigenvalue weighted by Crippen LogP contribution is 2.28. The molecule has 0 radical (unpaired) electrons. The first-order valence-corrected chi connectivity index (χ1v) is 8.74. The zero-order valence-electron chi connectivity index (χ0n) is 12.9. The van der Waals surface area contributed by atoms with Crippen LogP contribution < -0.4 is 5.32 Å². The molecular formula is C17H13Cl2N3OS. The molecule has 0 aliphatic carbocycles. The largest absolute Gasteiger partial charge is 0.296 e. The number of thiazole rings is 1. The number of amides is 1. The number of hydrogen-bond acceptors (Lipinski definition) is 4. The summed E-state index contributed by atoms with van der Waals surface area (Å²) in [4.78, 5) is 20.7. The predicted molar refractivity (Wildman–Crippen MR) is 99.2 cm³/mol. The minimum absolute atomic E-state index is 0.0763. The molecule has 3 rings (SSSR count). The van der Waals surface area contributed by atoms with Gasteiger partial charge in [0.05, 0.1) is 10.7 Å². The average Bonchev–Trinajstić information content (AvgIpc) is 2.97. The number of carbonyl (C=O) groups is 1. The highest BCUT2D eigenvalue weighted by Gasteiger charge is 2.15. The minimum atomic E-state index is -0.441. The molecule has 0 aliphatic rings. The van der Waals surface area contributed by atoms with Crippen molar-refractivity contribution in [2.75, 3.05) is 5.32 Å². The molecule has 0 unspecified atom stereocenters. The number of halogens is 2. The van der Waals surface area contributed by atoms with Crippen LogP contribution in [0.1, 0.15) is 21.6 Å². The zero-order valence-corrected chi connectivity index (χ0v) is 15.3. The number of nitrogens with one attached hydrogen (secondary N) is 1. The van der Waals surface area contributed by atoms with E-state index in [1.807, 2.05) is 31.4 Å². The predicted octanol–water partition coefficient (Wildman–Crippen LogP) is 5.38. The lowest BCUT2D eigenvalue weighted by Gasteiger charge is -2.04. The van der Waals surface area contributed by atoms with Gasteiger partial charge in [0.15, 0.2) is 5.13 Å². The highest BCUT2D eigenvalue weighted by atomic mass is 35.5. The van der Waals surface area contributed by atoms with Crippen molar-refractivity contribution in [2.24, 2.45) is 0 Å². The van der Waals surface area contributed by atoms with Crippen LogP contribution in [0.5, 0.6) is 0 Å². The first kappa shape index (κ1) is 16.9. The number of carbonyl (C=O) groups excluding carboxylic acids is 1. The van der Waals surface area contributed by atoms with Crippen molar-refractivity contribution in [3.63, 3.8) is 0 Å². The van der Waals surface area contributed by atoms with Crippen molar-refractivity contribution in [3.05, 3.63) is 62.7 Å². The lowest BCUT2D eigenvalue weighted by atomic mass is 10.0. The summed E-state index contributed by atoms with van der Waals surface area (Å²) in [6.45, 7) is 4.08. The first-order valence-electron chi connectivity index (χ1n) is 7.10. The van der Waals surface area contributed by atoms with Gasteiger partial charge in [-0.25, -0.2) is 9.97 Å². The molecule has 4 nitrogen and oxygen atoms in total.